The third-order valence-electron chi connectivity index (χ3n) is 5.31. The molecular formula is C19H15BrClN3O4. The summed E-state index contributed by atoms with van der Waals surface area (Å²) in [5, 5.41) is 11.2. The van der Waals surface area contributed by atoms with E-state index in [2.05, 4.69) is 15.9 Å². The van der Waals surface area contributed by atoms with Crippen molar-refractivity contribution in [2.75, 3.05) is 11.4 Å². The number of halogens is 2. The molecule has 1 unspecified atom stereocenters. The maximum absolute atomic E-state index is 13.4. The topological polar surface area (TPSA) is 83.8 Å². The highest BCUT2D eigenvalue weighted by molar-refractivity contribution is 9.10. The first-order valence-electron chi connectivity index (χ1n) is 8.68. The minimum Gasteiger partial charge on any atom is -0.309 e. The number of nitro groups is 1. The quantitative estimate of drug-likeness (QED) is 0.377. The van der Waals surface area contributed by atoms with Crippen molar-refractivity contribution in [2.45, 2.75) is 24.8 Å². The number of urea groups is 1. The number of amides is 3. The van der Waals surface area contributed by atoms with E-state index in [9.17, 15) is 19.7 Å². The summed E-state index contributed by atoms with van der Waals surface area (Å²) in [6.45, 7) is 0.479. The molecule has 28 heavy (non-hydrogen) atoms. The number of hydrogen-bond acceptors (Lipinski definition) is 4. The van der Waals surface area contributed by atoms with Crippen LogP contribution in [-0.4, -0.2) is 33.8 Å². The predicted octanol–water partition coefficient (Wildman–Crippen LogP) is 4.55. The summed E-state index contributed by atoms with van der Waals surface area (Å²) in [7, 11) is 0. The van der Waals surface area contributed by atoms with Gasteiger partial charge in [-0.25, -0.2) is 9.69 Å². The van der Waals surface area contributed by atoms with Crippen LogP contribution in [0.4, 0.5) is 16.2 Å². The first kappa shape index (κ1) is 18.9. The van der Waals surface area contributed by atoms with E-state index in [1.165, 1.54) is 18.2 Å². The van der Waals surface area contributed by atoms with Crippen molar-refractivity contribution in [1.82, 2.24) is 4.90 Å². The van der Waals surface area contributed by atoms with Crippen LogP contribution < -0.4 is 4.90 Å². The second-order valence-electron chi connectivity index (χ2n) is 6.91. The number of nitrogens with zero attached hydrogens (tertiary/aromatic N) is 3. The lowest BCUT2D eigenvalue weighted by Crippen LogP contribution is -2.47. The Morgan fingerprint density at radius 3 is 2.57 bits per heavy atom. The summed E-state index contributed by atoms with van der Waals surface area (Å²) in [6, 6.07) is 11.1. The van der Waals surface area contributed by atoms with Crippen LogP contribution in [0.15, 0.2) is 46.9 Å². The molecule has 3 amide bonds. The Morgan fingerprint density at radius 1 is 1.18 bits per heavy atom. The zero-order chi connectivity index (χ0) is 20.1. The summed E-state index contributed by atoms with van der Waals surface area (Å²) in [5.41, 5.74) is -0.191. The van der Waals surface area contributed by atoms with Crippen LogP contribution >= 0.6 is 27.5 Å². The predicted molar refractivity (Wildman–Crippen MR) is 108 cm³/mol. The molecule has 1 atom stereocenters. The van der Waals surface area contributed by atoms with E-state index in [-0.39, 0.29) is 22.3 Å². The molecule has 0 saturated carbocycles. The van der Waals surface area contributed by atoms with Crippen molar-refractivity contribution < 1.29 is 14.5 Å². The van der Waals surface area contributed by atoms with Crippen LogP contribution in [-0.2, 0) is 11.2 Å². The molecule has 2 aromatic rings. The minimum absolute atomic E-state index is 0.0436. The van der Waals surface area contributed by atoms with Gasteiger partial charge >= 0.3 is 6.03 Å². The van der Waals surface area contributed by atoms with Crippen molar-refractivity contribution in [2.24, 2.45) is 0 Å². The number of imide groups is 1. The molecule has 0 aliphatic carbocycles. The molecular weight excluding hydrogens is 450 g/mol. The molecule has 0 radical (unpaired) electrons. The molecule has 2 aliphatic rings. The molecule has 2 heterocycles. The fraction of sp³-hybridized carbons (Fsp3) is 0.263. The largest absolute Gasteiger partial charge is 0.332 e. The molecule has 7 nitrogen and oxygen atoms in total. The van der Waals surface area contributed by atoms with Gasteiger partial charge in [-0.05, 0) is 42.7 Å². The van der Waals surface area contributed by atoms with Crippen molar-refractivity contribution in [3.8, 4) is 0 Å². The zero-order valence-electron chi connectivity index (χ0n) is 14.6. The summed E-state index contributed by atoms with van der Waals surface area (Å²) in [4.78, 5) is 39.6. The third-order valence-corrected chi connectivity index (χ3v) is 6.15. The first-order chi connectivity index (χ1) is 13.3. The first-order valence-corrected chi connectivity index (χ1v) is 9.85. The highest BCUT2D eigenvalue weighted by atomic mass is 79.9. The number of hydrogen-bond donors (Lipinski definition) is 0. The lowest BCUT2D eigenvalue weighted by atomic mass is 9.88. The van der Waals surface area contributed by atoms with E-state index in [4.69, 9.17) is 11.6 Å². The monoisotopic (exact) mass is 463 g/mol. The smallest absolute Gasteiger partial charge is 0.309 e. The van der Waals surface area contributed by atoms with Crippen LogP contribution in [0.5, 0.6) is 0 Å². The van der Waals surface area contributed by atoms with E-state index < -0.39 is 16.5 Å². The van der Waals surface area contributed by atoms with Gasteiger partial charge in [0.05, 0.1) is 10.6 Å². The number of anilines is 1. The summed E-state index contributed by atoms with van der Waals surface area (Å²) < 4.78 is 0.931. The number of carbonyl (C=O) groups is 2. The van der Waals surface area contributed by atoms with E-state index in [1.807, 2.05) is 24.3 Å². The Kier molecular flexibility index (Phi) is 4.63. The Balaban J connectivity index is 1.73. The SMILES string of the molecule is O=C1N(c2ccc(Cl)c([N+](=O)[O-])c2)C(=O)C2(Cc3ccc(Br)cc3)CCCN12. The third kappa shape index (κ3) is 2.87. The lowest BCUT2D eigenvalue weighted by Gasteiger charge is -2.28. The maximum atomic E-state index is 13.4. The van der Waals surface area contributed by atoms with Gasteiger partial charge in [0.25, 0.3) is 11.6 Å². The molecule has 2 fully saturated rings. The fourth-order valence-corrected chi connectivity index (χ4v) is 4.45. The van der Waals surface area contributed by atoms with Gasteiger partial charge in [0.2, 0.25) is 0 Å². The average molecular weight is 465 g/mol. The zero-order valence-corrected chi connectivity index (χ0v) is 16.9. The van der Waals surface area contributed by atoms with Crippen molar-refractivity contribution >= 4 is 50.8 Å². The molecule has 2 aromatic carbocycles. The Morgan fingerprint density at radius 2 is 1.89 bits per heavy atom. The Hall–Kier alpha value is -2.45. The van der Waals surface area contributed by atoms with Crippen LogP contribution in [0.3, 0.4) is 0 Å². The van der Waals surface area contributed by atoms with Crippen LogP contribution in [0.1, 0.15) is 18.4 Å². The van der Waals surface area contributed by atoms with E-state index >= 15 is 0 Å². The second-order valence-corrected chi connectivity index (χ2v) is 8.23. The summed E-state index contributed by atoms with van der Waals surface area (Å²) in [5.74, 6) is -0.352. The van der Waals surface area contributed by atoms with Crippen molar-refractivity contribution in [3.63, 3.8) is 0 Å². The van der Waals surface area contributed by atoms with E-state index in [0.717, 1.165) is 21.4 Å². The van der Waals surface area contributed by atoms with Crippen LogP contribution in [0, 0.1) is 10.1 Å². The van der Waals surface area contributed by atoms with E-state index in [1.54, 1.807) is 4.90 Å². The van der Waals surface area contributed by atoms with Gasteiger partial charge in [0.1, 0.15) is 10.6 Å². The molecule has 4 rings (SSSR count). The van der Waals surface area contributed by atoms with Gasteiger partial charge in [-0.3, -0.25) is 14.9 Å². The number of carbonyl (C=O) groups excluding carboxylic acids is 2. The molecule has 2 aliphatic heterocycles. The Labute approximate surface area is 174 Å². The van der Waals surface area contributed by atoms with Gasteiger partial charge < -0.3 is 4.90 Å². The Bertz CT molecular complexity index is 997. The van der Waals surface area contributed by atoms with Gasteiger partial charge in [-0.1, -0.05) is 39.7 Å². The highest BCUT2D eigenvalue weighted by Gasteiger charge is 2.59. The molecule has 0 spiro atoms. The fourth-order valence-electron chi connectivity index (χ4n) is 4.00. The molecule has 9 heteroatoms. The normalized spacial score (nSPS) is 21.4. The van der Waals surface area contributed by atoms with Gasteiger partial charge in [0, 0.05) is 23.5 Å². The standard InChI is InChI=1S/C19H15BrClN3O4/c20-13-4-2-12(3-5-13)11-19-8-1-9-22(19)18(26)23(17(19)25)14-6-7-15(21)16(10-14)24(27)28/h2-7,10H,1,8-9,11H2. The molecule has 2 saturated heterocycles. The van der Waals surface area contributed by atoms with Gasteiger partial charge in [0.15, 0.2) is 0 Å². The number of rotatable bonds is 4. The second kappa shape index (κ2) is 6.86. The van der Waals surface area contributed by atoms with Gasteiger partial charge in [-0.15, -0.1) is 0 Å². The van der Waals surface area contributed by atoms with Crippen molar-refractivity contribution in [3.05, 3.63) is 67.6 Å². The maximum Gasteiger partial charge on any atom is 0.332 e. The molecule has 0 bridgehead atoms. The molecule has 0 aromatic heterocycles. The number of fused-ring (bicyclic) bond motifs is 1. The van der Waals surface area contributed by atoms with E-state index in [0.29, 0.717) is 19.4 Å². The summed E-state index contributed by atoms with van der Waals surface area (Å²) in [6.07, 6.45) is 1.69. The molecule has 0 N–H and O–H groups in total. The average Bonchev–Trinajstić information content (AvgIpc) is 3.16. The van der Waals surface area contributed by atoms with Gasteiger partial charge in [-0.2, -0.15) is 0 Å². The minimum atomic E-state index is -0.959. The molecule has 144 valence electrons. The van der Waals surface area contributed by atoms with Crippen molar-refractivity contribution in [1.29, 1.82) is 0 Å². The lowest BCUT2D eigenvalue weighted by molar-refractivity contribution is -0.384. The summed E-state index contributed by atoms with van der Waals surface area (Å²) >= 11 is 9.26. The number of nitro benzene ring substituents is 1. The van der Waals surface area contributed by atoms with Crippen LogP contribution in [0.2, 0.25) is 5.02 Å². The van der Waals surface area contributed by atoms with Crippen LogP contribution in [0.25, 0.3) is 0 Å². The number of benzene rings is 2. The highest BCUT2D eigenvalue weighted by Crippen LogP contribution is 2.43.